The predicted octanol–water partition coefficient (Wildman–Crippen LogP) is 1.28. The molecule has 1 heterocycles. The number of hydrogen-bond acceptors (Lipinski definition) is 5. The van der Waals surface area contributed by atoms with Crippen molar-refractivity contribution in [1.29, 1.82) is 0 Å². The molecule has 16 heavy (non-hydrogen) atoms. The van der Waals surface area contributed by atoms with Crippen molar-refractivity contribution in [2.75, 3.05) is 7.11 Å². The van der Waals surface area contributed by atoms with Gasteiger partial charge in [-0.15, -0.1) is 0 Å². The molecule has 0 bridgehead atoms. The average Bonchev–Trinajstić information content (AvgIpc) is 2.75. The summed E-state index contributed by atoms with van der Waals surface area (Å²) in [6, 6.07) is 0. The molecule has 0 aliphatic heterocycles. The maximum absolute atomic E-state index is 11.3. The molecule has 1 N–H and O–H groups in total. The van der Waals surface area contributed by atoms with Crippen molar-refractivity contribution in [2.24, 2.45) is 5.92 Å². The second-order valence-electron chi connectivity index (χ2n) is 4.05. The number of nitrogens with zero attached hydrogens (tertiary/aromatic N) is 1. The highest BCUT2D eigenvalue weighted by Gasteiger charge is 2.28. The number of nitrogens with one attached hydrogen (secondary N) is 1. The smallest absolute Gasteiger partial charge is 0.323 e. The first kappa shape index (κ1) is 11.3. The molecule has 1 aromatic heterocycles. The van der Waals surface area contributed by atoms with Gasteiger partial charge in [0.2, 0.25) is 0 Å². The summed E-state index contributed by atoms with van der Waals surface area (Å²) in [6.07, 6.45) is 3.41. The maximum atomic E-state index is 11.3. The second-order valence-corrected chi connectivity index (χ2v) is 4.79. The summed E-state index contributed by atoms with van der Waals surface area (Å²) in [4.78, 5) is 24.9. The number of methoxy groups -OCH3 is 1. The van der Waals surface area contributed by atoms with Gasteiger partial charge in [0.1, 0.15) is 5.82 Å². The summed E-state index contributed by atoms with van der Waals surface area (Å²) in [5.41, 5.74) is 0. The number of aromatic nitrogens is 2. The quantitative estimate of drug-likeness (QED) is 0.793. The number of aromatic amines is 1. The Bertz CT molecular complexity index is 418. The van der Waals surface area contributed by atoms with Crippen molar-refractivity contribution in [2.45, 2.75) is 31.6 Å². The van der Waals surface area contributed by atoms with Gasteiger partial charge in [-0.25, -0.2) is 0 Å². The first-order valence-electron chi connectivity index (χ1n) is 5.34. The summed E-state index contributed by atoms with van der Waals surface area (Å²) in [6.45, 7) is 0. The molecule has 0 atom stereocenters. The zero-order valence-electron chi connectivity index (χ0n) is 9.06. The highest BCUT2D eigenvalue weighted by atomic mass is 32.1. The molecule has 0 amide bonds. The number of esters is 1. The Kier molecular flexibility index (Phi) is 3.38. The van der Waals surface area contributed by atoms with Crippen LogP contribution in [0.25, 0.3) is 0 Å². The van der Waals surface area contributed by atoms with Crippen molar-refractivity contribution >= 4 is 17.5 Å². The largest absolute Gasteiger partial charge is 0.469 e. The monoisotopic (exact) mass is 242 g/mol. The van der Waals surface area contributed by atoms with Crippen LogP contribution in [0.15, 0.2) is 4.79 Å². The lowest BCUT2D eigenvalue weighted by Gasteiger charge is -2.25. The third kappa shape index (κ3) is 2.32. The molecule has 0 spiro atoms. The van der Waals surface area contributed by atoms with E-state index in [-0.39, 0.29) is 16.8 Å². The fraction of sp³-hybridized carbons (Fsp3) is 0.700. The van der Waals surface area contributed by atoms with Crippen LogP contribution in [-0.4, -0.2) is 22.4 Å². The van der Waals surface area contributed by atoms with E-state index in [0.29, 0.717) is 5.92 Å². The third-order valence-corrected chi connectivity index (χ3v) is 3.66. The first-order valence-corrected chi connectivity index (χ1v) is 6.11. The number of carbonyl (C=O) groups excluding carboxylic acids is 1. The number of ether oxygens (including phenoxy) is 1. The molecule has 0 radical (unpaired) electrons. The van der Waals surface area contributed by atoms with Crippen molar-refractivity contribution in [1.82, 2.24) is 9.36 Å². The molecule has 0 saturated heterocycles. The van der Waals surface area contributed by atoms with E-state index < -0.39 is 0 Å². The number of hydrogen-bond donors (Lipinski definition) is 1. The van der Waals surface area contributed by atoms with Crippen LogP contribution in [0.1, 0.15) is 37.4 Å². The molecule has 6 heteroatoms. The van der Waals surface area contributed by atoms with E-state index >= 15 is 0 Å². The van der Waals surface area contributed by atoms with Gasteiger partial charge in [0.25, 0.3) is 0 Å². The summed E-state index contributed by atoms with van der Waals surface area (Å²) < 4.78 is 8.81. The van der Waals surface area contributed by atoms with E-state index in [0.717, 1.165) is 43.0 Å². The second kappa shape index (κ2) is 4.78. The lowest BCUT2D eigenvalue weighted by molar-refractivity contribution is -0.146. The van der Waals surface area contributed by atoms with E-state index in [1.807, 2.05) is 0 Å². The summed E-state index contributed by atoms with van der Waals surface area (Å²) >= 11 is 0.957. The molecular formula is C10H14N2O3S. The van der Waals surface area contributed by atoms with Crippen LogP contribution < -0.4 is 4.87 Å². The van der Waals surface area contributed by atoms with Gasteiger partial charge >= 0.3 is 10.8 Å². The zero-order valence-corrected chi connectivity index (χ0v) is 9.88. The molecule has 1 aromatic rings. The van der Waals surface area contributed by atoms with Gasteiger partial charge in [0.05, 0.1) is 13.0 Å². The van der Waals surface area contributed by atoms with Crippen LogP contribution >= 0.6 is 11.5 Å². The SMILES string of the molecule is COC(=O)C1CCC(c2nsc(=O)[nH]2)CC1. The van der Waals surface area contributed by atoms with Crippen LogP contribution in [0, 0.1) is 5.92 Å². The van der Waals surface area contributed by atoms with Crippen LogP contribution in [0.5, 0.6) is 0 Å². The fourth-order valence-corrected chi connectivity index (χ4v) is 2.71. The van der Waals surface area contributed by atoms with E-state index in [2.05, 4.69) is 9.36 Å². The number of H-pyrrole nitrogens is 1. The Morgan fingerprint density at radius 1 is 1.44 bits per heavy atom. The highest BCUT2D eigenvalue weighted by Crippen LogP contribution is 2.34. The molecule has 2 rings (SSSR count). The van der Waals surface area contributed by atoms with Gasteiger partial charge in [0.15, 0.2) is 0 Å². The van der Waals surface area contributed by atoms with Crippen LogP contribution in [-0.2, 0) is 9.53 Å². The van der Waals surface area contributed by atoms with Crippen molar-refractivity contribution in [3.05, 3.63) is 15.5 Å². The van der Waals surface area contributed by atoms with E-state index in [4.69, 9.17) is 4.74 Å². The van der Waals surface area contributed by atoms with Gasteiger partial charge in [0, 0.05) is 17.5 Å². The molecule has 1 saturated carbocycles. The molecule has 0 unspecified atom stereocenters. The van der Waals surface area contributed by atoms with Crippen molar-refractivity contribution < 1.29 is 9.53 Å². The molecule has 1 aliphatic carbocycles. The molecule has 1 fully saturated rings. The van der Waals surface area contributed by atoms with Crippen molar-refractivity contribution in [3.63, 3.8) is 0 Å². The molecule has 88 valence electrons. The van der Waals surface area contributed by atoms with E-state index in [9.17, 15) is 9.59 Å². The highest BCUT2D eigenvalue weighted by molar-refractivity contribution is 7.02. The lowest BCUT2D eigenvalue weighted by Crippen LogP contribution is -2.22. The normalized spacial score (nSPS) is 25.3. The minimum atomic E-state index is -0.120. The third-order valence-electron chi connectivity index (χ3n) is 3.11. The van der Waals surface area contributed by atoms with Crippen LogP contribution in [0.3, 0.4) is 0 Å². The Balaban J connectivity index is 1.95. The van der Waals surface area contributed by atoms with Gasteiger partial charge in [-0.1, -0.05) is 0 Å². The molecule has 5 nitrogen and oxygen atoms in total. The minimum Gasteiger partial charge on any atom is -0.469 e. The van der Waals surface area contributed by atoms with E-state index in [1.165, 1.54) is 7.11 Å². The fourth-order valence-electron chi connectivity index (χ4n) is 2.19. The number of carbonyl (C=O) groups is 1. The van der Waals surface area contributed by atoms with Gasteiger partial charge < -0.3 is 4.74 Å². The maximum Gasteiger partial charge on any atom is 0.323 e. The predicted molar refractivity (Wildman–Crippen MR) is 59.4 cm³/mol. The van der Waals surface area contributed by atoms with E-state index in [1.54, 1.807) is 0 Å². The summed E-state index contributed by atoms with van der Waals surface area (Å²) in [5.74, 6) is 0.968. The van der Waals surface area contributed by atoms with Crippen molar-refractivity contribution in [3.8, 4) is 0 Å². The Morgan fingerprint density at radius 2 is 2.12 bits per heavy atom. The standard InChI is InChI=1S/C10H14N2O3S/c1-15-9(13)7-4-2-6(3-5-7)8-11-10(14)16-12-8/h6-7H,2-5H2,1H3,(H,11,12,14). The lowest BCUT2D eigenvalue weighted by atomic mass is 9.82. The van der Waals surface area contributed by atoms with Gasteiger partial charge in [-0.2, -0.15) is 4.37 Å². The Labute approximate surface area is 97.0 Å². The Hall–Kier alpha value is -1.17. The molecular weight excluding hydrogens is 228 g/mol. The topological polar surface area (TPSA) is 72.0 Å². The van der Waals surface area contributed by atoms with Crippen LogP contribution in [0.2, 0.25) is 0 Å². The first-order chi connectivity index (χ1) is 7.70. The zero-order chi connectivity index (χ0) is 11.5. The number of rotatable bonds is 2. The summed E-state index contributed by atoms with van der Waals surface area (Å²) in [7, 11) is 1.42. The molecule has 0 aromatic carbocycles. The van der Waals surface area contributed by atoms with Crippen LogP contribution in [0.4, 0.5) is 0 Å². The average molecular weight is 242 g/mol. The molecule has 1 aliphatic rings. The Morgan fingerprint density at radius 3 is 2.62 bits per heavy atom. The van der Waals surface area contributed by atoms with Gasteiger partial charge in [-0.05, 0) is 25.7 Å². The van der Waals surface area contributed by atoms with Gasteiger partial charge in [-0.3, -0.25) is 14.6 Å². The minimum absolute atomic E-state index is 0.0200. The summed E-state index contributed by atoms with van der Waals surface area (Å²) in [5, 5.41) is 0.